The van der Waals surface area contributed by atoms with Gasteiger partial charge >= 0.3 is 0 Å². The van der Waals surface area contributed by atoms with Gasteiger partial charge in [-0.1, -0.05) is 24.3 Å². The number of fused-ring (bicyclic) bond motifs is 1. The number of hydrogen-bond donors (Lipinski definition) is 1. The van der Waals surface area contributed by atoms with Crippen molar-refractivity contribution in [2.45, 2.75) is 37.5 Å². The number of nitrogens with zero attached hydrogens (tertiary/aromatic N) is 2. The van der Waals surface area contributed by atoms with Crippen molar-refractivity contribution < 1.29 is 13.9 Å². The fraction of sp³-hybridized carbons (Fsp3) is 0.316. The number of anilines is 1. The highest BCUT2D eigenvalue weighted by Crippen LogP contribution is 2.36. The second-order valence-electron chi connectivity index (χ2n) is 6.06. The van der Waals surface area contributed by atoms with Crippen molar-refractivity contribution in [1.29, 1.82) is 0 Å². The first kappa shape index (κ1) is 18.4. The van der Waals surface area contributed by atoms with Gasteiger partial charge in [-0.25, -0.2) is 14.4 Å². The van der Waals surface area contributed by atoms with Crippen LogP contribution in [-0.4, -0.2) is 28.0 Å². The number of benzene rings is 1. The summed E-state index contributed by atoms with van der Waals surface area (Å²) in [6.45, 7) is 6.39. The number of aromatic nitrogens is 2. The third kappa shape index (κ3) is 3.72. The van der Waals surface area contributed by atoms with Gasteiger partial charge in [0, 0.05) is 23.4 Å². The molecule has 26 heavy (non-hydrogen) atoms. The smallest absolute Gasteiger partial charge is 0.226 e. The quantitative estimate of drug-likeness (QED) is 0.458. The normalized spacial score (nSPS) is 14.1. The molecular weight excluding hydrogens is 353 g/mol. The number of carbonyl (C=O) groups excluding carboxylic acids is 1. The van der Waals surface area contributed by atoms with Gasteiger partial charge < -0.3 is 14.8 Å². The first-order valence-corrected chi connectivity index (χ1v) is 9.28. The largest absolute Gasteiger partial charge is 0.435 e. The van der Waals surface area contributed by atoms with Gasteiger partial charge in [0.1, 0.15) is 17.6 Å². The van der Waals surface area contributed by atoms with Gasteiger partial charge in [0.05, 0.1) is 5.25 Å². The van der Waals surface area contributed by atoms with Crippen LogP contribution >= 0.6 is 11.8 Å². The van der Waals surface area contributed by atoms with E-state index in [1.807, 2.05) is 19.9 Å². The second-order valence-corrected chi connectivity index (χ2v) is 7.43. The zero-order valence-corrected chi connectivity index (χ0v) is 15.7. The highest BCUT2D eigenvalue weighted by molar-refractivity contribution is 8.00. The predicted octanol–water partition coefficient (Wildman–Crippen LogP) is 4.48. The average molecular weight is 373 g/mol. The Morgan fingerprint density at radius 1 is 1.42 bits per heavy atom. The number of nitrogens with one attached hydrogen (secondary N) is 1. The van der Waals surface area contributed by atoms with Crippen molar-refractivity contribution in [2.75, 3.05) is 11.9 Å². The summed E-state index contributed by atoms with van der Waals surface area (Å²) in [5.74, 6) is 0.000818. The molecule has 2 heterocycles. The minimum Gasteiger partial charge on any atom is -0.435 e. The van der Waals surface area contributed by atoms with Crippen LogP contribution in [-0.2, 0) is 11.2 Å². The molecule has 0 bridgehead atoms. The summed E-state index contributed by atoms with van der Waals surface area (Å²) in [5.41, 5.74) is 3.04. The van der Waals surface area contributed by atoms with E-state index in [9.17, 15) is 9.18 Å². The maximum Gasteiger partial charge on any atom is 0.226 e. The predicted molar refractivity (Wildman–Crippen MR) is 101 cm³/mol. The number of hydrogen-bond acceptors (Lipinski definition) is 6. The van der Waals surface area contributed by atoms with Crippen molar-refractivity contribution in [3.05, 3.63) is 41.0 Å². The van der Waals surface area contributed by atoms with Crippen LogP contribution in [0.15, 0.2) is 29.1 Å². The fourth-order valence-electron chi connectivity index (χ4n) is 2.66. The summed E-state index contributed by atoms with van der Waals surface area (Å²) < 4.78 is 20.7. The van der Waals surface area contributed by atoms with Crippen LogP contribution in [0.25, 0.3) is 6.08 Å². The lowest BCUT2D eigenvalue weighted by molar-refractivity contribution is -0.107. The van der Waals surface area contributed by atoms with Crippen molar-refractivity contribution >= 4 is 29.8 Å². The number of halogens is 1. The summed E-state index contributed by atoms with van der Waals surface area (Å²) >= 11 is 1.33. The Bertz CT molecular complexity index is 870. The minimum atomic E-state index is -0.426. The standard InChI is InChI=1S/C19H20FN3O2S/c1-4-13-18(22-10-23-19(13)26-12(3)9-24)25-16-6-5-15-14(17(16)20)7-11(2)8-21-15/h5-7,9-10,12,21H,4,8H2,1-3H3. The first-order valence-electron chi connectivity index (χ1n) is 8.40. The fourth-order valence-corrected chi connectivity index (χ4v) is 3.55. The molecule has 0 radical (unpaired) electrons. The van der Waals surface area contributed by atoms with E-state index in [0.29, 0.717) is 29.4 Å². The highest BCUT2D eigenvalue weighted by atomic mass is 32.2. The van der Waals surface area contributed by atoms with Gasteiger partial charge in [-0.15, -0.1) is 0 Å². The van der Waals surface area contributed by atoms with Gasteiger partial charge in [-0.2, -0.15) is 0 Å². The Balaban J connectivity index is 1.96. The molecule has 3 rings (SSSR count). The van der Waals surface area contributed by atoms with E-state index < -0.39 is 5.82 Å². The summed E-state index contributed by atoms with van der Waals surface area (Å²) in [7, 11) is 0. The Kier molecular flexibility index (Phi) is 5.56. The molecule has 0 aliphatic carbocycles. The van der Waals surface area contributed by atoms with Crippen LogP contribution in [0.1, 0.15) is 31.9 Å². The Morgan fingerprint density at radius 3 is 2.96 bits per heavy atom. The Morgan fingerprint density at radius 2 is 2.23 bits per heavy atom. The lowest BCUT2D eigenvalue weighted by Crippen LogP contribution is -2.10. The monoisotopic (exact) mass is 373 g/mol. The van der Waals surface area contributed by atoms with Crippen LogP contribution in [0.5, 0.6) is 11.6 Å². The Labute approximate surface area is 156 Å². The molecule has 1 aliphatic rings. The molecule has 1 atom stereocenters. The molecular formula is C19H20FN3O2S. The SMILES string of the molecule is CCc1c(Oc2ccc3c(c2F)C=C(C)CN3)ncnc1SC(C)C=O. The third-order valence-corrected chi connectivity index (χ3v) is 5.07. The highest BCUT2D eigenvalue weighted by Gasteiger charge is 2.20. The molecule has 136 valence electrons. The molecule has 0 spiro atoms. The van der Waals surface area contributed by atoms with E-state index in [1.54, 1.807) is 19.1 Å². The molecule has 1 aliphatic heterocycles. The molecule has 1 aromatic heterocycles. The Hall–Kier alpha value is -2.41. The molecule has 1 aromatic carbocycles. The zero-order valence-electron chi connectivity index (χ0n) is 14.9. The number of ether oxygens (including phenoxy) is 1. The lowest BCUT2D eigenvalue weighted by Gasteiger charge is -2.19. The van der Waals surface area contributed by atoms with Crippen LogP contribution in [0.2, 0.25) is 0 Å². The van der Waals surface area contributed by atoms with Gasteiger partial charge in [0.25, 0.3) is 0 Å². The molecule has 0 amide bonds. The zero-order chi connectivity index (χ0) is 18.7. The van der Waals surface area contributed by atoms with E-state index in [2.05, 4.69) is 15.3 Å². The molecule has 7 heteroatoms. The molecule has 0 fully saturated rings. The third-order valence-electron chi connectivity index (χ3n) is 4.01. The molecule has 1 unspecified atom stereocenters. The maximum atomic E-state index is 14.9. The van der Waals surface area contributed by atoms with Crippen LogP contribution < -0.4 is 10.1 Å². The van der Waals surface area contributed by atoms with Gasteiger partial charge in [0.2, 0.25) is 5.88 Å². The van der Waals surface area contributed by atoms with E-state index in [4.69, 9.17) is 4.74 Å². The number of aldehydes is 1. The summed E-state index contributed by atoms with van der Waals surface area (Å²) in [4.78, 5) is 19.4. The van der Waals surface area contributed by atoms with E-state index in [-0.39, 0.29) is 11.0 Å². The van der Waals surface area contributed by atoms with E-state index >= 15 is 0 Å². The van der Waals surface area contributed by atoms with Crippen LogP contribution in [0, 0.1) is 5.82 Å². The summed E-state index contributed by atoms with van der Waals surface area (Å²) in [6, 6.07) is 3.39. The molecule has 0 saturated heterocycles. The van der Waals surface area contributed by atoms with Crippen molar-refractivity contribution in [3.63, 3.8) is 0 Å². The second kappa shape index (κ2) is 7.86. The topological polar surface area (TPSA) is 64.1 Å². The molecule has 0 saturated carbocycles. The van der Waals surface area contributed by atoms with Gasteiger partial charge in [-0.05, 0) is 38.5 Å². The van der Waals surface area contributed by atoms with Crippen molar-refractivity contribution in [3.8, 4) is 11.6 Å². The van der Waals surface area contributed by atoms with E-state index in [0.717, 1.165) is 23.1 Å². The molecule has 5 nitrogen and oxygen atoms in total. The van der Waals surface area contributed by atoms with Crippen molar-refractivity contribution in [1.82, 2.24) is 9.97 Å². The molecule has 2 aromatic rings. The average Bonchev–Trinajstić information content (AvgIpc) is 2.64. The number of carbonyl (C=O) groups is 1. The lowest BCUT2D eigenvalue weighted by atomic mass is 10.0. The van der Waals surface area contributed by atoms with Crippen molar-refractivity contribution in [2.24, 2.45) is 0 Å². The van der Waals surface area contributed by atoms with Crippen LogP contribution in [0.3, 0.4) is 0 Å². The molecule has 1 N–H and O–H groups in total. The number of thioether (sulfide) groups is 1. The first-order chi connectivity index (χ1) is 12.5. The summed E-state index contributed by atoms with van der Waals surface area (Å²) in [5, 5.41) is 3.62. The van der Waals surface area contributed by atoms with E-state index in [1.165, 1.54) is 18.1 Å². The maximum absolute atomic E-state index is 14.9. The van der Waals surface area contributed by atoms with Gasteiger partial charge in [-0.3, -0.25) is 0 Å². The summed E-state index contributed by atoms with van der Waals surface area (Å²) in [6.07, 6.45) is 4.66. The minimum absolute atomic E-state index is 0.115. The van der Waals surface area contributed by atoms with Crippen LogP contribution in [0.4, 0.5) is 10.1 Å². The van der Waals surface area contributed by atoms with Gasteiger partial charge in [0.15, 0.2) is 11.6 Å². The number of rotatable bonds is 6.